The minimum absolute atomic E-state index is 0.144. The third kappa shape index (κ3) is 3.57. The van der Waals surface area contributed by atoms with Gasteiger partial charge in [-0.05, 0) is 32.9 Å². The normalized spacial score (nSPS) is 9.94. The van der Waals surface area contributed by atoms with Crippen LogP contribution < -0.4 is 5.32 Å². The van der Waals surface area contributed by atoms with Crippen molar-refractivity contribution in [3.8, 4) is 0 Å². The highest BCUT2D eigenvalue weighted by Crippen LogP contribution is 2.08. The van der Waals surface area contributed by atoms with E-state index in [0.29, 0.717) is 6.54 Å². The molecule has 1 N–H and O–H groups in total. The van der Waals surface area contributed by atoms with Gasteiger partial charge in [-0.15, -0.1) is 0 Å². The average molecular weight is 220 g/mol. The van der Waals surface area contributed by atoms with Gasteiger partial charge in [-0.1, -0.05) is 17.7 Å². The SMILES string of the molecule is CCN(CC)C(=O)CNc1ccc(C)cc1. The molecule has 0 bridgehead atoms. The van der Waals surface area contributed by atoms with Crippen LogP contribution in [-0.2, 0) is 4.79 Å². The molecule has 16 heavy (non-hydrogen) atoms. The van der Waals surface area contributed by atoms with E-state index in [4.69, 9.17) is 0 Å². The maximum atomic E-state index is 11.7. The van der Waals surface area contributed by atoms with Crippen LogP contribution in [0.4, 0.5) is 5.69 Å². The van der Waals surface area contributed by atoms with E-state index in [0.717, 1.165) is 18.8 Å². The van der Waals surface area contributed by atoms with E-state index in [-0.39, 0.29) is 5.91 Å². The van der Waals surface area contributed by atoms with Crippen LogP contribution in [0.25, 0.3) is 0 Å². The molecule has 1 amide bonds. The first-order valence-electron chi connectivity index (χ1n) is 5.75. The summed E-state index contributed by atoms with van der Waals surface area (Å²) in [7, 11) is 0. The Morgan fingerprint density at radius 3 is 2.25 bits per heavy atom. The standard InChI is InChI=1S/C13H20N2O/c1-4-15(5-2)13(16)10-14-12-8-6-11(3)7-9-12/h6-9,14H,4-5,10H2,1-3H3. The third-order valence-corrected chi connectivity index (χ3v) is 2.61. The van der Waals surface area contributed by atoms with Gasteiger partial charge in [0.15, 0.2) is 0 Å². The summed E-state index contributed by atoms with van der Waals surface area (Å²) in [6, 6.07) is 8.05. The second-order valence-electron chi connectivity index (χ2n) is 3.79. The summed E-state index contributed by atoms with van der Waals surface area (Å²) in [5, 5.41) is 3.13. The largest absolute Gasteiger partial charge is 0.376 e. The molecular formula is C13H20N2O. The lowest BCUT2D eigenvalue weighted by Gasteiger charge is -2.19. The molecule has 0 saturated heterocycles. The van der Waals surface area contributed by atoms with Crippen molar-refractivity contribution in [2.24, 2.45) is 0 Å². The van der Waals surface area contributed by atoms with Crippen molar-refractivity contribution in [1.29, 1.82) is 0 Å². The molecule has 0 aliphatic rings. The number of carbonyl (C=O) groups is 1. The molecule has 0 aromatic heterocycles. The Kier molecular flexibility index (Phi) is 4.83. The molecular weight excluding hydrogens is 200 g/mol. The molecule has 3 nitrogen and oxygen atoms in total. The van der Waals surface area contributed by atoms with Gasteiger partial charge in [0.2, 0.25) is 5.91 Å². The van der Waals surface area contributed by atoms with Crippen molar-refractivity contribution in [2.75, 3.05) is 25.0 Å². The summed E-state index contributed by atoms with van der Waals surface area (Å²) in [4.78, 5) is 13.5. The van der Waals surface area contributed by atoms with Crippen LogP contribution in [0, 0.1) is 6.92 Å². The first-order chi connectivity index (χ1) is 7.67. The highest BCUT2D eigenvalue weighted by Gasteiger charge is 2.08. The number of hydrogen-bond acceptors (Lipinski definition) is 2. The van der Waals surface area contributed by atoms with Crippen molar-refractivity contribution in [2.45, 2.75) is 20.8 Å². The van der Waals surface area contributed by atoms with Gasteiger partial charge < -0.3 is 10.2 Å². The number of hydrogen-bond donors (Lipinski definition) is 1. The second kappa shape index (κ2) is 6.16. The lowest BCUT2D eigenvalue weighted by molar-refractivity contribution is -0.128. The van der Waals surface area contributed by atoms with Crippen LogP contribution in [0.5, 0.6) is 0 Å². The molecule has 0 aliphatic heterocycles. The first kappa shape index (κ1) is 12.6. The highest BCUT2D eigenvalue weighted by atomic mass is 16.2. The number of benzene rings is 1. The van der Waals surface area contributed by atoms with Crippen LogP contribution in [0.1, 0.15) is 19.4 Å². The van der Waals surface area contributed by atoms with E-state index < -0.39 is 0 Å². The predicted molar refractivity (Wildman–Crippen MR) is 67.6 cm³/mol. The number of anilines is 1. The topological polar surface area (TPSA) is 32.3 Å². The number of rotatable bonds is 5. The summed E-state index contributed by atoms with van der Waals surface area (Å²) in [5.74, 6) is 0.144. The molecule has 0 fully saturated rings. The van der Waals surface area contributed by atoms with Gasteiger partial charge in [0, 0.05) is 18.8 Å². The van der Waals surface area contributed by atoms with Gasteiger partial charge in [-0.3, -0.25) is 4.79 Å². The molecule has 1 rings (SSSR count). The molecule has 0 heterocycles. The molecule has 88 valence electrons. The van der Waals surface area contributed by atoms with Gasteiger partial charge in [0.1, 0.15) is 0 Å². The monoisotopic (exact) mass is 220 g/mol. The van der Waals surface area contributed by atoms with Gasteiger partial charge in [0.25, 0.3) is 0 Å². The summed E-state index contributed by atoms with van der Waals surface area (Å²) in [6.07, 6.45) is 0. The molecule has 1 aromatic rings. The summed E-state index contributed by atoms with van der Waals surface area (Å²) in [5.41, 5.74) is 2.21. The van der Waals surface area contributed by atoms with E-state index in [1.54, 1.807) is 0 Å². The van der Waals surface area contributed by atoms with Crippen LogP contribution >= 0.6 is 0 Å². The highest BCUT2D eigenvalue weighted by molar-refractivity contribution is 5.80. The van der Waals surface area contributed by atoms with Gasteiger partial charge in [-0.2, -0.15) is 0 Å². The molecule has 0 aliphatic carbocycles. The van der Waals surface area contributed by atoms with E-state index >= 15 is 0 Å². The molecule has 0 unspecified atom stereocenters. The predicted octanol–water partition coefficient (Wildman–Crippen LogP) is 2.28. The quantitative estimate of drug-likeness (QED) is 0.825. The molecule has 1 aromatic carbocycles. The lowest BCUT2D eigenvalue weighted by Crippen LogP contribution is -2.35. The zero-order valence-electron chi connectivity index (χ0n) is 10.3. The van der Waals surface area contributed by atoms with E-state index in [9.17, 15) is 4.79 Å². The van der Waals surface area contributed by atoms with E-state index in [1.807, 2.05) is 49.9 Å². The zero-order chi connectivity index (χ0) is 12.0. The van der Waals surface area contributed by atoms with Crippen LogP contribution in [-0.4, -0.2) is 30.4 Å². The van der Waals surface area contributed by atoms with E-state index in [2.05, 4.69) is 5.32 Å². The molecule has 0 atom stereocenters. The van der Waals surface area contributed by atoms with Crippen molar-refractivity contribution in [3.05, 3.63) is 29.8 Å². The fraction of sp³-hybridized carbons (Fsp3) is 0.462. The Balaban J connectivity index is 2.45. The Bertz CT molecular complexity index is 328. The van der Waals surface area contributed by atoms with Crippen LogP contribution in [0.2, 0.25) is 0 Å². The molecule has 0 spiro atoms. The fourth-order valence-corrected chi connectivity index (χ4v) is 1.54. The smallest absolute Gasteiger partial charge is 0.241 e. The Hall–Kier alpha value is -1.51. The third-order valence-electron chi connectivity index (χ3n) is 2.61. The van der Waals surface area contributed by atoms with Gasteiger partial charge >= 0.3 is 0 Å². The van der Waals surface area contributed by atoms with Gasteiger partial charge in [0.05, 0.1) is 6.54 Å². The maximum Gasteiger partial charge on any atom is 0.241 e. The molecule has 3 heteroatoms. The number of nitrogens with one attached hydrogen (secondary N) is 1. The minimum atomic E-state index is 0.144. The van der Waals surface area contributed by atoms with Crippen molar-refractivity contribution >= 4 is 11.6 Å². The summed E-state index contributed by atoms with van der Waals surface area (Å²) < 4.78 is 0. The Labute approximate surface area is 97.5 Å². The molecule has 0 radical (unpaired) electrons. The number of amides is 1. The van der Waals surface area contributed by atoms with Gasteiger partial charge in [-0.25, -0.2) is 0 Å². The summed E-state index contributed by atoms with van der Waals surface area (Å²) >= 11 is 0. The number of likely N-dealkylation sites (N-methyl/N-ethyl adjacent to an activating group) is 1. The minimum Gasteiger partial charge on any atom is -0.376 e. The van der Waals surface area contributed by atoms with Crippen molar-refractivity contribution < 1.29 is 4.79 Å². The number of nitrogens with zero attached hydrogens (tertiary/aromatic N) is 1. The van der Waals surface area contributed by atoms with Crippen LogP contribution in [0.3, 0.4) is 0 Å². The Morgan fingerprint density at radius 2 is 1.75 bits per heavy atom. The van der Waals surface area contributed by atoms with E-state index in [1.165, 1.54) is 5.56 Å². The Morgan fingerprint density at radius 1 is 1.19 bits per heavy atom. The summed E-state index contributed by atoms with van der Waals surface area (Å²) in [6.45, 7) is 7.94. The van der Waals surface area contributed by atoms with Crippen molar-refractivity contribution in [3.63, 3.8) is 0 Å². The number of aryl methyl sites for hydroxylation is 1. The fourth-order valence-electron chi connectivity index (χ4n) is 1.54. The number of carbonyl (C=O) groups excluding carboxylic acids is 1. The van der Waals surface area contributed by atoms with Crippen molar-refractivity contribution in [1.82, 2.24) is 4.90 Å². The first-order valence-corrected chi connectivity index (χ1v) is 5.75. The second-order valence-corrected chi connectivity index (χ2v) is 3.79. The zero-order valence-corrected chi connectivity index (χ0v) is 10.3. The maximum absolute atomic E-state index is 11.7. The average Bonchev–Trinajstić information content (AvgIpc) is 2.30. The lowest BCUT2D eigenvalue weighted by atomic mass is 10.2. The van der Waals surface area contributed by atoms with Crippen LogP contribution in [0.15, 0.2) is 24.3 Å². The molecule has 0 saturated carbocycles.